The van der Waals surface area contributed by atoms with Crippen molar-refractivity contribution in [1.29, 1.82) is 5.41 Å². The van der Waals surface area contributed by atoms with Crippen LogP contribution < -0.4 is 9.80 Å². The summed E-state index contributed by atoms with van der Waals surface area (Å²) in [5, 5.41) is 8.72. The molecule has 0 bridgehead atoms. The lowest BCUT2D eigenvalue weighted by atomic mass is 10.1. The number of anilines is 2. The van der Waals surface area contributed by atoms with E-state index in [0.717, 1.165) is 24.3 Å². The summed E-state index contributed by atoms with van der Waals surface area (Å²) in [6.07, 6.45) is 0. The van der Waals surface area contributed by atoms with Gasteiger partial charge in [-0.25, -0.2) is 8.42 Å². The lowest BCUT2D eigenvalue weighted by Crippen LogP contribution is -2.37. The summed E-state index contributed by atoms with van der Waals surface area (Å²) in [7, 11) is -2.98. The maximum absolute atomic E-state index is 11.9. The molecule has 0 radical (unpaired) electrons. The van der Waals surface area contributed by atoms with Crippen molar-refractivity contribution in [3.8, 4) is 0 Å². The molecule has 126 valence electrons. The molecule has 2 saturated heterocycles. The molecule has 3 rings (SSSR count). The molecule has 2 aliphatic heterocycles. The first-order valence-corrected chi connectivity index (χ1v) is 10.7. The number of benzene rings is 1. The minimum atomic E-state index is -2.98. The summed E-state index contributed by atoms with van der Waals surface area (Å²) in [4.78, 5) is 4.20. The number of amidine groups is 1. The predicted octanol–water partition coefficient (Wildman–Crippen LogP) is 2.49. The number of sulfone groups is 1. The van der Waals surface area contributed by atoms with E-state index in [2.05, 4.69) is 30.9 Å². The fourth-order valence-electron chi connectivity index (χ4n) is 3.48. The highest BCUT2D eigenvalue weighted by molar-refractivity contribution is 8.15. The molecule has 2 aliphatic rings. The van der Waals surface area contributed by atoms with Gasteiger partial charge in [-0.2, -0.15) is 0 Å². The number of hydrogen-bond donors (Lipinski definition) is 1. The molecule has 0 aromatic heterocycles. The zero-order valence-electron chi connectivity index (χ0n) is 13.7. The molecule has 1 N–H and O–H groups in total. The molecule has 1 aromatic rings. The number of rotatable bonds is 4. The van der Waals surface area contributed by atoms with Crippen LogP contribution in [0.5, 0.6) is 0 Å². The Balaban J connectivity index is 1.94. The van der Waals surface area contributed by atoms with Crippen molar-refractivity contribution < 1.29 is 8.42 Å². The Hall–Kier alpha value is -1.21. The summed E-state index contributed by atoms with van der Waals surface area (Å²) < 4.78 is 23.8. The predicted molar refractivity (Wildman–Crippen MR) is 98.8 cm³/mol. The summed E-state index contributed by atoms with van der Waals surface area (Å²) in [6.45, 7) is 8.21. The van der Waals surface area contributed by atoms with Gasteiger partial charge in [-0.3, -0.25) is 5.41 Å². The van der Waals surface area contributed by atoms with Crippen LogP contribution in [-0.2, 0) is 9.84 Å². The van der Waals surface area contributed by atoms with E-state index in [0.29, 0.717) is 5.17 Å². The Morgan fingerprint density at radius 3 is 2.61 bits per heavy atom. The standard InChI is InChI=1S/C16H23N3O2S2/c1-4-18(5-2)12-6-7-13(11(3)8-12)19-14-9-23(20,21)10-15(14)22-16(19)17/h6-8,14-15,17H,4-5,9-10H2,1-3H3. The summed E-state index contributed by atoms with van der Waals surface area (Å²) in [5.74, 6) is 0.349. The van der Waals surface area contributed by atoms with Crippen molar-refractivity contribution >= 4 is 38.1 Å². The van der Waals surface area contributed by atoms with Gasteiger partial charge in [-0.1, -0.05) is 11.8 Å². The number of hydrogen-bond acceptors (Lipinski definition) is 5. The van der Waals surface area contributed by atoms with E-state index >= 15 is 0 Å². The van der Waals surface area contributed by atoms with Gasteiger partial charge in [0.05, 0.1) is 17.5 Å². The largest absolute Gasteiger partial charge is 0.372 e. The molecule has 0 spiro atoms. The first-order chi connectivity index (χ1) is 10.9. The third kappa shape index (κ3) is 2.96. The van der Waals surface area contributed by atoms with E-state index in [1.54, 1.807) is 0 Å². The van der Waals surface area contributed by atoms with Crippen LogP contribution in [0.25, 0.3) is 0 Å². The number of fused-ring (bicyclic) bond motifs is 1. The number of thioether (sulfide) groups is 1. The van der Waals surface area contributed by atoms with Crippen LogP contribution in [0.4, 0.5) is 11.4 Å². The van der Waals surface area contributed by atoms with Gasteiger partial charge in [-0.15, -0.1) is 0 Å². The van der Waals surface area contributed by atoms with Crippen LogP contribution in [0.15, 0.2) is 18.2 Å². The smallest absolute Gasteiger partial charge is 0.161 e. The molecule has 2 fully saturated rings. The van der Waals surface area contributed by atoms with Crippen LogP contribution in [-0.4, -0.2) is 49.5 Å². The van der Waals surface area contributed by atoms with Crippen molar-refractivity contribution in [3.05, 3.63) is 23.8 Å². The molecule has 1 aromatic carbocycles. The number of aryl methyl sites for hydroxylation is 1. The minimum absolute atomic E-state index is 0.00522. The molecule has 2 atom stereocenters. The Morgan fingerprint density at radius 2 is 2.00 bits per heavy atom. The highest BCUT2D eigenvalue weighted by Gasteiger charge is 2.48. The van der Waals surface area contributed by atoms with Gasteiger partial charge in [0.2, 0.25) is 0 Å². The molecular weight excluding hydrogens is 330 g/mol. The maximum Gasteiger partial charge on any atom is 0.161 e. The van der Waals surface area contributed by atoms with Crippen molar-refractivity contribution in [2.75, 3.05) is 34.4 Å². The van der Waals surface area contributed by atoms with Crippen molar-refractivity contribution in [2.45, 2.75) is 32.1 Å². The Labute approximate surface area is 142 Å². The summed E-state index contributed by atoms with van der Waals surface area (Å²) >= 11 is 1.39. The zero-order valence-corrected chi connectivity index (χ0v) is 15.4. The van der Waals surface area contributed by atoms with Gasteiger partial charge >= 0.3 is 0 Å². The zero-order chi connectivity index (χ0) is 16.8. The first kappa shape index (κ1) is 16.6. The molecule has 7 heteroatoms. The molecule has 2 unspecified atom stereocenters. The molecule has 0 saturated carbocycles. The minimum Gasteiger partial charge on any atom is -0.372 e. The van der Waals surface area contributed by atoms with Gasteiger partial charge < -0.3 is 9.80 Å². The van der Waals surface area contributed by atoms with Crippen molar-refractivity contribution in [1.82, 2.24) is 0 Å². The summed E-state index contributed by atoms with van der Waals surface area (Å²) in [6, 6.07) is 6.14. The van der Waals surface area contributed by atoms with Crippen LogP contribution in [0.2, 0.25) is 0 Å². The van der Waals surface area contributed by atoms with Gasteiger partial charge in [0, 0.05) is 29.7 Å². The third-order valence-corrected chi connectivity index (χ3v) is 7.78. The lowest BCUT2D eigenvalue weighted by Gasteiger charge is -2.28. The quantitative estimate of drug-likeness (QED) is 0.901. The average molecular weight is 354 g/mol. The third-order valence-electron chi connectivity index (χ3n) is 4.65. The van der Waals surface area contributed by atoms with E-state index in [1.807, 2.05) is 17.9 Å². The maximum atomic E-state index is 11.9. The van der Waals surface area contributed by atoms with Gasteiger partial charge in [0.25, 0.3) is 0 Å². The molecule has 0 aliphatic carbocycles. The average Bonchev–Trinajstić information content (AvgIpc) is 2.91. The van der Waals surface area contributed by atoms with Crippen LogP contribution >= 0.6 is 11.8 Å². The molecule has 5 nitrogen and oxygen atoms in total. The van der Waals surface area contributed by atoms with E-state index in [1.165, 1.54) is 17.4 Å². The molecule has 0 amide bonds. The fraction of sp³-hybridized carbons (Fsp3) is 0.562. The topological polar surface area (TPSA) is 64.5 Å². The Morgan fingerprint density at radius 1 is 1.30 bits per heavy atom. The van der Waals surface area contributed by atoms with E-state index in [9.17, 15) is 8.42 Å². The van der Waals surface area contributed by atoms with Crippen LogP contribution in [0.3, 0.4) is 0 Å². The van der Waals surface area contributed by atoms with E-state index < -0.39 is 9.84 Å². The Bertz CT molecular complexity index is 729. The van der Waals surface area contributed by atoms with Gasteiger partial charge in [0.1, 0.15) is 0 Å². The second-order valence-electron chi connectivity index (χ2n) is 6.12. The molecule has 2 heterocycles. The second-order valence-corrected chi connectivity index (χ2v) is 9.50. The van der Waals surface area contributed by atoms with E-state index in [4.69, 9.17) is 5.41 Å². The second kappa shape index (κ2) is 6.02. The Kier molecular flexibility index (Phi) is 4.35. The molecule has 23 heavy (non-hydrogen) atoms. The van der Waals surface area contributed by atoms with Gasteiger partial charge in [0.15, 0.2) is 15.0 Å². The normalized spacial score (nSPS) is 25.7. The highest BCUT2D eigenvalue weighted by atomic mass is 32.2. The molecular formula is C16H23N3O2S2. The van der Waals surface area contributed by atoms with Crippen molar-refractivity contribution in [3.63, 3.8) is 0 Å². The van der Waals surface area contributed by atoms with Crippen LogP contribution in [0.1, 0.15) is 19.4 Å². The fourth-order valence-corrected chi connectivity index (χ4v) is 7.27. The lowest BCUT2D eigenvalue weighted by molar-refractivity contribution is 0.601. The highest BCUT2D eigenvalue weighted by Crippen LogP contribution is 2.41. The van der Waals surface area contributed by atoms with Crippen molar-refractivity contribution in [2.24, 2.45) is 0 Å². The SMILES string of the molecule is CCN(CC)c1ccc(N2C(=N)SC3CS(=O)(=O)CC32)c(C)c1. The number of nitrogens with one attached hydrogen (secondary N) is 1. The van der Waals surface area contributed by atoms with E-state index in [-0.39, 0.29) is 22.8 Å². The first-order valence-electron chi connectivity index (χ1n) is 7.96. The number of nitrogens with zero attached hydrogens (tertiary/aromatic N) is 2. The summed E-state index contributed by atoms with van der Waals surface area (Å²) in [5.41, 5.74) is 3.22. The van der Waals surface area contributed by atoms with Gasteiger partial charge in [-0.05, 0) is 44.5 Å². The van der Waals surface area contributed by atoms with Crippen LogP contribution in [0, 0.1) is 12.3 Å². The monoisotopic (exact) mass is 353 g/mol.